The lowest BCUT2D eigenvalue weighted by Gasteiger charge is -2.35. The van der Waals surface area contributed by atoms with Crippen LogP contribution in [0.1, 0.15) is 20.8 Å². The zero-order valence-corrected chi connectivity index (χ0v) is 17.9. The molecule has 4 heterocycles. The second-order valence-corrected chi connectivity index (χ2v) is 10.1. The van der Waals surface area contributed by atoms with Gasteiger partial charge >= 0.3 is 0 Å². The molecule has 0 aliphatic carbocycles. The number of aromatic amines is 1. The van der Waals surface area contributed by atoms with Gasteiger partial charge in [-0.05, 0) is 25.1 Å². The number of ether oxygens (including phenoxy) is 1. The number of fused-ring (bicyclic) bond motifs is 1. The Labute approximate surface area is 171 Å². The molecule has 4 rings (SSSR count). The van der Waals surface area contributed by atoms with E-state index < -0.39 is 9.73 Å². The number of nitrogens with zero attached hydrogens (tertiary/aromatic N) is 4. The third kappa shape index (κ3) is 4.00. The molecule has 0 spiro atoms. The SMILES string of the molecule is CCS(=O)(CC)=Nc1cc(N2CCOC[C@H]2C)cc(-c2ccnc3[nH]ccc23)n1. The Hall–Kier alpha value is -2.45. The Morgan fingerprint density at radius 2 is 2.14 bits per heavy atom. The van der Waals surface area contributed by atoms with Crippen LogP contribution in [0.4, 0.5) is 11.5 Å². The van der Waals surface area contributed by atoms with Crippen LogP contribution in [0.15, 0.2) is 41.0 Å². The molecule has 1 atom stereocenters. The largest absolute Gasteiger partial charge is 0.377 e. The topological polar surface area (TPSA) is 83.5 Å². The van der Waals surface area contributed by atoms with Gasteiger partial charge in [0, 0.05) is 59.2 Å². The number of H-pyrrole nitrogens is 1. The first-order valence-electron chi connectivity index (χ1n) is 10.0. The first kappa shape index (κ1) is 19.8. The summed E-state index contributed by atoms with van der Waals surface area (Å²) in [6, 6.07) is 8.25. The Bertz CT molecular complexity index is 1120. The predicted octanol–water partition coefficient (Wildman–Crippen LogP) is 3.99. The van der Waals surface area contributed by atoms with Gasteiger partial charge in [0.15, 0.2) is 5.82 Å². The summed E-state index contributed by atoms with van der Waals surface area (Å²) in [6.45, 7) is 8.15. The summed E-state index contributed by atoms with van der Waals surface area (Å²) < 4.78 is 23.2. The fourth-order valence-corrected chi connectivity index (χ4v) is 4.75. The number of aromatic nitrogens is 3. The monoisotopic (exact) mass is 413 g/mol. The molecule has 0 amide bonds. The van der Waals surface area contributed by atoms with Crippen molar-refractivity contribution in [2.45, 2.75) is 26.8 Å². The lowest BCUT2D eigenvalue weighted by atomic mass is 10.1. The second kappa shape index (κ2) is 8.12. The quantitative estimate of drug-likeness (QED) is 0.684. The van der Waals surface area contributed by atoms with E-state index in [-0.39, 0.29) is 6.04 Å². The minimum atomic E-state index is -2.31. The van der Waals surface area contributed by atoms with E-state index in [9.17, 15) is 4.21 Å². The average Bonchev–Trinajstić information content (AvgIpc) is 3.22. The van der Waals surface area contributed by atoms with E-state index in [1.807, 2.05) is 38.2 Å². The van der Waals surface area contributed by atoms with Crippen LogP contribution >= 0.6 is 0 Å². The summed E-state index contributed by atoms with van der Waals surface area (Å²) in [7, 11) is -2.31. The molecule has 0 radical (unpaired) electrons. The van der Waals surface area contributed by atoms with Crippen LogP contribution in [0.2, 0.25) is 0 Å². The van der Waals surface area contributed by atoms with Crippen molar-refractivity contribution in [3.8, 4) is 11.3 Å². The number of hydrogen-bond donors (Lipinski definition) is 1. The number of anilines is 1. The summed E-state index contributed by atoms with van der Waals surface area (Å²) in [5.74, 6) is 1.54. The Kier molecular flexibility index (Phi) is 5.56. The Morgan fingerprint density at radius 1 is 1.31 bits per heavy atom. The van der Waals surface area contributed by atoms with Gasteiger partial charge in [-0.2, -0.15) is 4.36 Å². The van der Waals surface area contributed by atoms with Crippen LogP contribution in [0.3, 0.4) is 0 Å². The zero-order chi connectivity index (χ0) is 20.4. The van der Waals surface area contributed by atoms with E-state index in [2.05, 4.69) is 32.2 Å². The maximum Gasteiger partial charge on any atom is 0.164 e. The highest BCUT2D eigenvalue weighted by Gasteiger charge is 2.21. The van der Waals surface area contributed by atoms with Gasteiger partial charge in [0.05, 0.1) is 28.6 Å². The van der Waals surface area contributed by atoms with Crippen molar-refractivity contribution < 1.29 is 8.95 Å². The van der Waals surface area contributed by atoms with Gasteiger partial charge in [-0.1, -0.05) is 13.8 Å². The molecule has 1 aliphatic rings. The third-order valence-corrected chi connectivity index (χ3v) is 7.72. The van der Waals surface area contributed by atoms with Crippen LogP contribution in [0, 0.1) is 0 Å². The predicted molar refractivity (Wildman–Crippen MR) is 118 cm³/mol. The Balaban J connectivity index is 1.91. The number of nitrogens with one attached hydrogen (secondary N) is 1. The van der Waals surface area contributed by atoms with Gasteiger partial charge in [0.2, 0.25) is 0 Å². The third-order valence-electron chi connectivity index (χ3n) is 5.39. The van der Waals surface area contributed by atoms with E-state index >= 15 is 0 Å². The van der Waals surface area contributed by atoms with E-state index in [1.165, 1.54) is 0 Å². The molecule has 8 heteroatoms. The molecule has 154 valence electrons. The van der Waals surface area contributed by atoms with E-state index in [0.29, 0.717) is 30.5 Å². The van der Waals surface area contributed by atoms with Gasteiger partial charge in [0.1, 0.15) is 5.65 Å². The summed E-state index contributed by atoms with van der Waals surface area (Å²) in [6.07, 6.45) is 3.65. The highest BCUT2D eigenvalue weighted by atomic mass is 32.2. The molecule has 0 bridgehead atoms. The smallest absolute Gasteiger partial charge is 0.164 e. The van der Waals surface area contributed by atoms with Crippen molar-refractivity contribution in [2.24, 2.45) is 4.36 Å². The van der Waals surface area contributed by atoms with Crippen molar-refractivity contribution in [1.82, 2.24) is 15.0 Å². The van der Waals surface area contributed by atoms with Crippen molar-refractivity contribution in [3.05, 3.63) is 36.7 Å². The van der Waals surface area contributed by atoms with Gasteiger partial charge < -0.3 is 14.6 Å². The number of rotatable bonds is 5. The molecule has 1 N–H and O–H groups in total. The average molecular weight is 414 g/mol. The summed E-state index contributed by atoms with van der Waals surface area (Å²) in [5, 5.41) is 1.00. The fourth-order valence-electron chi connectivity index (χ4n) is 3.65. The van der Waals surface area contributed by atoms with E-state index in [4.69, 9.17) is 9.72 Å². The van der Waals surface area contributed by atoms with Crippen molar-refractivity contribution in [2.75, 3.05) is 36.2 Å². The van der Waals surface area contributed by atoms with Crippen molar-refractivity contribution in [1.29, 1.82) is 0 Å². The highest BCUT2D eigenvalue weighted by Crippen LogP contribution is 2.33. The lowest BCUT2D eigenvalue weighted by Crippen LogP contribution is -2.43. The summed E-state index contributed by atoms with van der Waals surface area (Å²) in [4.78, 5) is 14.6. The first-order chi connectivity index (χ1) is 14.0. The molecule has 1 aliphatic heterocycles. The molecule has 1 fully saturated rings. The molecule has 3 aromatic heterocycles. The van der Waals surface area contributed by atoms with Crippen LogP contribution in [-0.4, -0.2) is 56.5 Å². The van der Waals surface area contributed by atoms with Gasteiger partial charge in [-0.3, -0.25) is 0 Å². The molecule has 7 nitrogen and oxygen atoms in total. The molecule has 1 saturated heterocycles. The number of morpholine rings is 1. The fraction of sp³-hybridized carbons (Fsp3) is 0.429. The second-order valence-electron chi connectivity index (χ2n) is 7.23. The molecular weight excluding hydrogens is 386 g/mol. The zero-order valence-electron chi connectivity index (χ0n) is 17.1. The lowest BCUT2D eigenvalue weighted by molar-refractivity contribution is 0.0989. The Morgan fingerprint density at radius 3 is 2.90 bits per heavy atom. The van der Waals surface area contributed by atoms with Gasteiger partial charge in [-0.25, -0.2) is 14.2 Å². The first-order valence-corrected chi connectivity index (χ1v) is 11.9. The van der Waals surface area contributed by atoms with E-state index in [0.717, 1.165) is 34.5 Å². The molecule has 29 heavy (non-hydrogen) atoms. The summed E-state index contributed by atoms with van der Waals surface area (Å²) in [5.41, 5.74) is 3.63. The molecule has 0 aromatic carbocycles. The van der Waals surface area contributed by atoms with Gasteiger partial charge in [-0.15, -0.1) is 0 Å². The maximum atomic E-state index is 13.0. The molecule has 0 saturated carbocycles. The number of hydrogen-bond acceptors (Lipinski definition) is 6. The molecular formula is C21H27N5O2S. The minimum Gasteiger partial charge on any atom is -0.377 e. The molecule has 3 aromatic rings. The van der Waals surface area contributed by atoms with Crippen LogP contribution in [-0.2, 0) is 14.5 Å². The van der Waals surface area contributed by atoms with Crippen molar-refractivity contribution >= 4 is 32.3 Å². The highest BCUT2D eigenvalue weighted by molar-refractivity contribution is 7.93. The number of pyridine rings is 2. The van der Waals surface area contributed by atoms with Crippen LogP contribution in [0.5, 0.6) is 0 Å². The van der Waals surface area contributed by atoms with Crippen LogP contribution in [0.25, 0.3) is 22.3 Å². The van der Waals surface area contributed by atoms with Crippen molar-refractivity contribution in [3.63, 3.8) is 0 Å². The van der Waals surface area contributed by atoms with E-state index in [1.54, 1.807) is 6.20 Å². The molecule has 0 unspecified atom stereocenters. The standard InChI is InChI=1S/C21H27N5O2S/c1-4-29(27,5-2)25-20-13-16(26-10-11-28-14-15(26)3)12-19(24-20)17-6-8-22-21-18(17)7-9-23-21/h6-9,12-13,15H,4-5,10-11,14H2,1-3H3,(H,22,23)/t15-/m1/s1. The van der Waals surface area contributed by atoms with Gasteiger partial charge in [0.25, 0.3) is 0 Å². The summed E-state index contributed by atoms with van der Waals surface area (Å²) >= 11 is 0. The minimum absolute atomic E-state index is 0.248. The normalized spacial score (nSPS) is 17.6. The van der Waals surface area contributed by atoms with Crippen LogP contribution < -0.4 is 4.90 Å². The maximum absolute atomic E-state index is 13.0.